The van der Waals surface area contributed by atoms with Crippen molar-refractivity contribution in [1.82, 2.24) is 10.2 Å². The van der Waals surface area contributed by atoms with E-state index in [1.165, 1.54) is 71.0 Å². The van der Waals surface area contributed by atoms with Crippen LogP contribution in [0.4, 0.5) is 0 Å². The number of nitrogens with zero attached hydrogens (tertiary/aromatic N) is 1. The number of nitrogens with one attached hydrogen (secondary N) is 1. The maximum atomic E-state index is 6.24. The van der Waals surface area contributed by atoms with E-state index in [4.69, 9.17) is 4.74 Å². The first kappa shape index (κ1) is 15.8. The third-order valence-corrected chi connectivity index (χ3v) is 5.83. The lowest BCUT2D eigenvalue weighted by atomic mass is 9.75. The van der Waals surface area contributed by atoms with E-state index in [1.807, 2.05) is 0 Å². The van der Waals surface area contributed by atoms with Gasteiger partial charge in [-0.05, 0) is 57.0 Å². The summed E-state index contributed by atoms with van der Waals surface area (Å²) in [7, 11) is 0. The molecule has 1 saturated carbocycles. The molecule has 0 bridgehead atoms. The smallest absolute Gasteiger partial charge is 0.0707 e. The highest BCUT2D eigenvalue weighted by atomic mass is 16.5. The summed E-state index contributed by atoms with van der Waals surface area (Å²) in [4.78, 5) is 2.71. The number of rotatable bonds is 6. The Kier molecular flexibility index (Phi) is 5.96. The molecule has 3 heteroatoms. The first-order chi connectivity index (χ1) is 10.3. The Hall–Kier alpha value is -0.120. The summed E-state index contributed by atoms with van der Waals surface area (Å²) >= 11 is 0. The Morgan fingerprint density at radius 3 is 2.67 bits per heavy atom. The van der Waals surface area contributed by atoms with Crippen LogP contribution in [-0.4, -0.2) is 49.8 Å². The first-order valence-electron chi connectivity index (χ1n) is 9.43. The number of piperidine rings is 1. The van der Waals surface area contributed by atoms with Crippen molar-refractivity contribution in [2.75, 3.05) is 32.7 Å². The normalized spacial score (nSPS) is 37.6. The molecule has 3 rings (SSSR count). The second-order valence-corrected chi connectivity index (χ2v) is 7.51. The van der Waals surface area contributed by atoms with Crippen LogP contribution in [0.25, 0.3) is 0 Å². The van der Waals surface area contributed by atoms with Gasteiger partial charge in [-0.25, -0.2) is 0 Å². The molecule has 1 N–H and O–H groups in total. The number of likely N-dealkylation sites (tertiary alicyclic amines) is 1. The van der Waals surface area contributed by atoms with Gasteiger partial charge in [0.2, 0.25) is 0 Å². The Morgan fingerprint density at radius 2 is 1.81 bits per heavy atom. The van der Waals surface area contributed by atoms with Gasteiger partial charge in [0.15, 0.2) is 0 Å². The van der Waals surface area contributed by atoms with Crippen molar-refractivity contribution in [3.8, 4) is 0 Å². The maximum absolute atomic E-state index is 6.24. The van der Waals surface area contributed by atoms with Gasteiger partial charge in [-0.2, -0.15) is 0 Å². The third kappa shape index (κ3) is 4.43. The fraction of sp³-hybridized carbons (Fsp3) is 1.00. The highest BCUT2D eigenvalue weighted by Gasteiger charge is 2.33. The predicted molar refractivity (Wildman–Crippen MR) is 87.6 cm³/mol. The average Bonchev–Trinajstić information content (AvgIpc) is 2.95. The Labute approximate surface area is 130 Å². The molecule has 0 aromatic heterocycles. The fourth-order valence-electron chi connectivity index (χ4n) is 4.63. The number of fused-ring (bicyclic) bond motifs is 1. The van der Waals surface area contributed by atoms with Gasteiger partial charge in [0.25, 0.3) is 0 Å². The van der Waals surface area contributed by atoms with Gasteiger partial charge in [-0.15, -0.1) is 0 Å². The molecule has 3 aliphatic rings. The van der Waals surface area contributed by atoms with E-state index in [-0.39, 0.29) is 0 Å². The molecule has 3 nitrogen and oxygen atoms in total. The zero-order valence-corrected chi connectivity index (χ0v) is 13.9. The fourth-order valence-corrected chi connectivity index (χ4v) is 4.63. The summed E-state index contributed by atoms with van der Waals surface area (Å²) in [6.45, 7) is 8.26. The molecular formula is C18H34N2O. The summed E-state index contributed by atoms with van der Waals surface area (Å²) in [5.74, 6) is 2.04. The molecule has 122 valence electrons. The molecular weight excluding hydrogens is 260 g/mol. The molecule has 0 radical (unpaired) electrons. The lowest BCUT2D eigenvalue weighted by molar-refractivity contribution is 0.00300. The van der Waals surface area contributed by atoms with E-state index >= 15 is 0 Å². The quantitative estimate of drug-likeness (QED) is 0.762. The topological polar surface area (TPSA) is 24.5 Å². The second kappa shape index (κ2) is 7.94. The minimum atomic E-state index is 0.466. The lowest BCUT2D eigenvalue weighted by Crippen LogP contribution is -2.44. The van der Waals surface area contributed by atoms with E-state index < -0.39 is 0 Å². The van der Waals surface area contributed by atoms with Crippen LogP contribution >= 0.6 is 0 Å². The van der Waals surface area contributed by atoms with Crippen molar-refractivity contribution in [3.05, 3.63) is 0 Å². The Bertz CT molecular complexity index is 310. The van der Waals surface area contributed by atoms with Gasteiger partial charge in [0, 0.05) is 19.6 Å². The summed E-state index contributed by atoms with van der Waals surface area (Å²) in [5.41, 5.74) is 0. The van der Waals surface area contributed by atoms with Crippen LogP contribution in [0, 0.1) is 11.8 Å². The highest BCUT2D eigenvalue weighted by molar-refractivity contribution is 4.86. The van der Waals surface area contributed by atoms with Crippen LogP contribution in [0.5, 0.6) is 0 Å². The summed E-state index contributed by atoms with van der Waals surface area (Å²) in [6.07, 6.45) is 12.1. The Balaban J connectivity index is 1.37. The number of hydrogen-bond acceptors (Lipinski definition) is 3. The van der Waals surface area contributed by atoms with Crippen molar-refractivity contribution in [2.45, 2.75) is 70.5 Å². The molecule has 3 fully saturated rings. The average molecular weight is 294 g/mol. The molecule has 2 heterocycles. The summed E-state index contributed by atoms with van der Waals surface area (Å²) in [6, 6.07) is 0. The monoisotopic (exact) mass is 294 g/mol. The number of ether oxygens (including phenoxy) is 1. The second-order valence-electron chi connectivity index (χ2n) is 7.51. The number of hydrogen-bond donors (Lipinski definition) is 1. The molecule has 1 aliphatic carbocycles. The maximum Gasteiger partial charge on any atom is 0.0707 e. The van der Waals surface area contributed by atoms with Gasteiger partial charge >= 0.3 is 0 Å². The van der Waals surface area contributed by atoms with Crippen molar-refractivity contribution in [2.24, 2.45) is 11.8 Å². The zero-order chi connectivity index (χ0) is 14.5. The van der Waals surface area contributed by atoms with Crippen LogP contribution < -0.4 is 5.32 Å². The van der Waals surface area contributed by atoms with Crippen molar-refractivity contribution in [1.29, 1.82) is 0 Å². The highest BCUT2D eigenvalue weighted by Crippen LogP contribution is 2.36. The van der Waals surface area contributed by atoms with Crippen molar-refractivity contribution < 1.29 is 4.74 Å². The van der Waals surface area contributed by atoms with Gasteiger partial charge in [-0.3, -0.25) is 0 Å². The first-order valence-corrected chi connectivity index (χ1v) is 9.43. The van der Waals surface area contributed by atoms with Gasteiger partial charge < -0.3 is 15.0 Å². The van der Waals surface area contributed by atoms with E-state index in [0.717, 1.165) is 24.9 Å². The third-order valence-electron chi connectivity index (χ3n) is 5.83. The standard InChI is InChI=1S/C18H34N2O/c1-2-10-19-12-17-7-8-18(21-17)14-20-11-9-15-5-3-4-6-16(15)13-20/h15-19H,2-14H2,1H3. The van der Waals surface area contributed by atoms with Crippen molar-refractivity contribution in [3.63, 3.8) is 0 Å². The van der Waals surface area contributed by atoms with Gasteiger partial charge in [-0.1, -0.05) is 26.2 Å². The predicted octanol–water partition coefficient (Wildman–Crippen LogP) is 3.05. The molecule has 0 spiro atoms. The van der Waals surface area contributed by atoms with Crippen LogP contribution in [0.15, 0.2) is 0 Å². The summed E-state index contributed by atoms with van der Waals surface area (Å²) < 4.78 is 6.24. The molecule has 2 saturated heterocycles. The van der Waals surface area contributed by atoms with E-state index in [9.17, 15) is 0 Å². The molecule has 21 heavy (non-hydrogen) atoms. The lowest BCUT2D eigenvalue weighted by Gasteiger charge is -2.42. The molecule has 0 aromatic rings. The molecule has 4 unspecified atom stereocenters. The van der Waals surface area contributed by atoms with Crippen LogP contribution in [-0.2, 0) is 4.74 Å². The zero-order valence-electron chi connectivity index (χ0n) is 13.9. The SMILES string of the molecule is CCCNCC1CCC(CN2CCC3CCCCC3C2)O1. The molecule has 0 amide bonds. The Morgan fingerprint density at radius 1 is 1.00 bits per heavy atom. The molecule has 2 aliphatic heterocycles. The van der Waals surface area contributed by atoms with Crippen LogP contribution in [0.3, 0.4) is 0 Å². The van der Waals surface area contributed by atoms with E-state index in [2.05, 4.69) is 17.1 Å². The van der Waals surface area contributed by atoms with Gasteiger partial charge in [0.05, 0.1) is 12.2 Å². The summed E-state index contributed by atoms with van der Waals surface area (Å²) in [5, 5.41) is 3.50. The van der Waals surface area contributed by atoms with Crippen LogP contribution in [0.1, 0.15) is 58.3 Å². The van der Waals surface area contributed by atoms with Gasteiger partial charge in [0.1, 0.15) is 0 Å². The van der Waals surface area contributed by atoms with E-state index in [0.29, 0.717) is 12.2 Å². The minimum absolute atomic E-state index is 0.466. The minimum Gasteiger partial charge on any atom is -0.372 e. The van der Waals surface area contributed by atoms with E-state index in [1.54, 1.807) is 0 Å². The largest absolute Gasteiger partial charge is 0.372 e. The van der Waals surface area contributed by atoms with Crippen LogP contribution in [0.2, 0.25) is 0 Å². The molecule has 0 aromatic carbocycles. The molecule has 4 atom stereocenters. The van der Waals surface area contributed by atoms with Crippen molar-refractivity contribution >= 4 is 0 Å².